The third kappa shape index (κ3) is 28.3. The molecule has 0 radical (unpaired) electrons. The Labute approximate surface area is 443 Å². The summed E-state index contributed by atoms with van der Waals surface area (Å²) < 4.78 is 33.4. The number of esters is 4. The van der Waals surface area contributed by atoms with Crippen molar-refractivity contribution in [2.75, 3.05) is 26.4 Å². The lowest BCUT2D eigenvalue weighted by atomic mass is 10.1. The number of hydrogen-bond acceptors (Lipinski definition) is 10. The second kappa shape index (κ2) is 39.3. The summed E-state index contributed by atoms with van der Waals surface area (Å²) in [5.41, 5.74) is 2.31. The summed E-state index contributed by atoms with van der Waals surface area (Å²) in [6.07, 6.45) is 38.5. The van der Waals surface area contributed by atoms with Crippen LogP contribution < -0.4 is 18.9 Å². The Morgan fingerprint density at radius 1 is 0.324 bits per heavy atom. The highest BCUT2D eigenvalue weighted by Gasteiger charge is 2.11. The van der Waals surface area contributed by atoms with E-state index in [1.54, 1.807) is 12.2 Å². The van der Waals surface area contributed by atoms with E-state index in [0.29, 0.717) is 48.7 Å². The van der Waals surface area contributed by atoms with Crippen molar-refractivity contribution < 1.29 is 47.6 Å². The second-order valence-electron chi connectivity index (χ2n) is 19.1. The minimum Gasteiger partial charge on any atom is -0.494 e. The fraction of sp³-hybridized carbons (Fsp3) is 0.500. The zero-order valence-electron chi connectivity index (χ0n) is 44.8. The van der Waals surface area contributed by atoms with Crippen molar-refractivity contribution >= 4 is 36.0 Å². The molecule has 10 nitrogen and oxygen atoms in total. The van der Waals surface area contributed by atoms with Gasteiger partial charge in [0.15, 0.2) is 0 Å². The molecule has 0 N–H and O–H groups in total. The maximum absolute atomic E-state index is 12.6. The summed E-state index contributed by atoms with van der Waals surface area (Å²) in [4.78, 5) is 50.1. The summed E-state index contributed by atoms with van der Waals surface area (Å²) in [5.74, 6) is 0.0896. The number of hydrogen-bond donors (Lipinski definition) is 0. The van der Waals surface area contributed by atoms with Crippen molar-refractivity contribution in [3.8, 4) is 23.0 Å². The highest BCUT2D eigenvalue weighted by Crippen LogP contribution is 2.20. The van der Waals surface area contributed by atoms with Crippen molar-refractivity contribution in [3.63, 3.8) is 0 Å². The first-order valence-electron chi connectivity index (χ1n) is 28.1. The van der Waals surface area contributed by atoms with E-state index in [0.717, 1.165) is 35.5 Å². The molecule has 0 saturated carbocycles. The molecular weight excluding hydrogens is 929 g/mol. The molecule has 0 unspecified atom stereocenters. The summed E-state index contributed by atoms with van der Waals surface area (Å²) in [6, 6.07) is 27.5. The molecule has 0 saturated heterocycles. The SMILES string of the molecule is CCCCCCCCCCCCCCOc1ccc(/C=C/C(=O)Oc2ccc(C(=O)OCCCCOC(=O)c3ccc(OC(=O)/C=C/c4ccc(OCCCCCCCCCCCCCC)cc4)cc3)cc2)cc1. The quantitative estimate of drug-likeness (QED) is 0.0184. The average molecular weight is 1020 g/mol. The molecule has 0 aliphatic rings. The van der Waals surface area contributed by atoms with Crippen molar-refractivity contribution in [2.45, 2.75) is 181 Å². The van der Waals surface area contributed by atoms with Crippen LogP contribution in [0.4, 0.5) is 0 Å². The first-order chi connectivity index (χ1) is 36.3. The first kappa shape index (κ1) is 60.4. The van der Waals surface area contributed by atoms with Gasteiger partial charge < -0.3 is 28.4 Å². The Morgan fingerprint density at radius 2 is 0.595 bits per heavy atom. The third-order valence-electron chi connectivity index (χ3n) is 12.7. The highest BCUT2D eigenvalue weighted by atomic mass is 16.5. The fourth-order valence-electron chi connectivity index (χ4n) is 8.26. The smallest absolute Gasteiger partial charge is 0.338 e. The van der Waals surface area contributed by atoms with Crippen LogP contribution in [0.5, 0.6) is 23.0 Å². The molecule has 0 atom stereocenters. The number of unbranched alkanes of at least 4 members (excludes halogenated alkanes) is 23. The molecule has 0 amide bonds. The molecule has 0 heterocycles. The summed E-state index contributed by atoms with van der Waals surface area (Å²) >= 11 is 0. The maximum atomic E-state index is 12.6. The van der Waals surface area contributed by atoms with Crippen LogP contribution in [0, 0.1) is 0 Å². The fourth-order valence-corrected chi connectivity index (χ4v) is 8.26. The van der Waals surface area contributed by atoms with Gasteiger partial charge in [0.25, 0.3) is 0 Å². The summed E-state index contributed by atoms with van der Waals surface area (Å²) in [6.45, 7) is 6.19. The highest BCUT2D eigenvalue weighted by molar-refractivity contribution is 5.91. The summed E-state index contributed by atoms with van der Waals surface area (Å²) in [5, 5.41) is 0. The predicted molar refractivity (Wildman–Crippen MR) is 298 cm³/mol. The molecule has 0 aromatic heterocycles. The second-order valence-corrected chi connectivity index (χ2v) is 19.1. The van der Waals surface area contributed by atoms with Gasteiger partial charge in [0.1, 0.15) is 23.0 Å². The number of benzene rings is 4. The Balaban J connectivity index is 0.990. The molecule has 0 fully saturated rings. The minimum atomic E-state index is -0.543. The van der Waals surface area contributed by atoms with E-state index in [4.69, 9.17) is 28.4 Å². The molecule has 10 heteroatoms. The number of carbonyl (C=O) groups is 4. The van der Waals surface area contributed by atoms with Crippen molar-refractivity contribution in [3.05, 3.63) is 131 Å². The molecule has 0 aliphatic heterocycles. The van der Waals surface area contributed by atoms with E-state index in [2.05, 4.69) is 13.8 Å². The minimum absolute atomic E-state index is 0.137. The molecule has 4 rings (SSSR count). The van der Waals surface area contributed by atoms with Crippen molar-refractivity contribution in [2.24, 2.45) is 0 Å². The van der Waals surface area contributed by atoms with Crippen LogP contribution in [0.25, 0.3) is 12.2 Å². The van der Waals surface area contributed by atoms with Gasteiger partial charge in [0.05, 0.1) is 37.6 Å². The Bertz CT molecular complexity index is 2020. The van der Waals surface area contributed by atoms with Crippen LogP contribution in [-0.4, -0.2) is 50.3 Å². The number of carbonyl (C=O) groups excluding carboxylic acids is 4. The molecule has 4 aromatic carbocycles. The van der Waals surface area contributed by atoms with Gasteiger partial charge in [0.2, 0.25) is 0 Å². The summed E-state index contributed by atoms with van der Waals surface area (Å²) in [7, 11) is 0. The largest absolute Gasteiger partial charge is 0.494 e. The monoisotopic (exact) mass is 1010 g/mol. The molecular formula is C64H86O10. The lowest BCUT2D eigenvalue weighted by Gasteiger charge is -2.08. The van der Waals surface area contributed by atoms with E-state index in [1.165, 1.54) is 202 Å². The average Bonchev–Trinajstić information content (AvgIpc) is 3.42. The van der Waals surface area contributed by atoms with Gasteiger partial charge in [-0.25, -0.2) is 19.2 Å². The Morgan fingerprint density at radius 3 is 0.905 bits per heavy atom. The van der Waals surface area contributed by atoms with Gasteiger partial charge in [-0.3, -0.25) is 0 Å². The normalized spacial score (nSPS) is 11.2. The first-order valence-corrected chi connectivity index (χ1v) is 28.1. The van der Waals surface area contributed by atoms with Gasteiger partial charge in [-0.2, -0.15) is 0 Å². The zero-order valence-corrected chi connectivity index (χ0v) is 44.8. The standard InChI is InChI=1S/C64H86O10/c1-3-5-7-9-11-13-15-17-19-21-23-25-49-69-57-39-29-53(30-40-57)33-47-61(65)73-59-43-35-55(36-44-59)63(67)71-51-27-28-52-72-64(68)56-37-45-60(46-38-56)74-62(66)48-34-54-31-41-58(42-32-54)70-50-26-24-22-20-18-16-14-12-10-8-6-4-2/h29-48H,3-28,49-52H2,1-2H3/b47-33+,48-34+. The van der Waals surface area contributed by atoms with Crippen LogP contribution in [0.1, 0.15) is 213 Å². The van der Waals surface area contributed by atoms with Gasteiger partial charge in [0, 0.05) is 12.2 Å². The van der Waals surface area contributed by atoms with Gasteiger partial charge in [-0.05, 0) is 122 Å². The Kier molecular flexibility index (Phi) is 32.1. The van der Waals surface area contributed by atoms with Crippen LogP contribution in [0.2, 0.25) is 0 Å². The Hall–Kier alpha value is -6.16. The van der Waals surface area contributed by atoms with Crippen LogP contribution in [-0.2, 0) is 19.1 Å². The van der Waals surface area contributed by atoms with E-state index in [9.17, 15) is 19.2 Å². The molecule has 402 valence electrons. The number of rotatable bonds is 41. The number of ether oxygens (including phenoxy) is 6. The lowest BCUT2D eigenvalue weighted by molar-refractivity contribution is -0.129. The maximum Gasteiger partial charge on any atom is 0.338 e. The third-order valence-corrected chi connectivity index (χ3v) is 12.7. The van der Waals surface area contributed by atoms with Crippen molar-refractivity contribution in [1.29, 1.82) is 0 Å². The topological polar surface area (TPSA) is 124 Å². The van der Waals surface area contributed by atoms with E-state index in [-0.39, 0.29) is 13.2 Å². The van der Waals surface area contributed by atoms with Crippen LogP contribution in [0.3, 0.4) is 0 Å². The van der Waals surface area contributed by atoms with Crippen LogP contribution in [0.15, 0.2) is 109 Å². The molecule has 74 heavy (non-hydrogen) atoms. The van der Waals surface area contributed by atoms with Gasteiger partial charge in [-0.1, -0.05) is 179 Å². The lowest BCUT2D eigenvalue weighted by Crippen LogP contribution is -2.10. The molecule has 0 spiro atoms. The van der Waals surface area contributed by atoms with Crippen LogP contribution >= 0.6 is 0 Å². The predicted octanol–water partition coefficient (Wildman–Crippen LogP) is 16.9. The molecule has 0 aliphatic carbocycles. The van der Waals surface area contributed by atoms with E-state index < -0.39 is 23.9 Å². The van der Waals surface area contributed by atoms with Gasteiger partial charge in [-0.15, -0.1) is 0 Å². The van der Waals surface area contributed by atoms with Gasteiger partial charge >= 0.3 is 23.9 Å². The van der Waals surface area contributed by atoms with E-state index in [1.807, 2.05) is 48.5 Å². The van der Waals surface area contributed by atoms with E-state index >= 15 is 0 Å². The zero-order chi connectivity index (χ0) is 52.5. The molecule has 0 bridgehead atoms. The molecule has 4 aromatic rings. The van der Waals surface area contributed by atoms with Crippen molar-refractivity contribution in [1.82, 2.24) is 0 Å².